The number of benzene rings is 1. The van der Waals surface area contributed by atoms with Crippen LogP contribution in [0.5, 0.6) is 0 Å². The molecule has 1 aliphatic rings. The zero-order valence-electron chi connectivity index (χ0n) is 14.4. The topological polar surface area (TPSA) is 49.4 Å². The van der Waals surface area contributed by atoms with Crippen molar-refractivity contribution >= 4 is 11.8 Å². The predicted molar refractivity (Wildman–Crippen MR) is 91.9 cm³/mol. The first-order valence-corrected chi connectivity index (χ1v) is 8.90. The monoisotopic (exact) mass is 334 g/mol. The molecule has 0 radical (unpaired) electrons. The molecule has 2 rings (SSSR count). The van der Waals surface area contributed by atoms with Crippen molar-refractivity contribution in [1.29, 1.82) is 0 Å². The van der Waals surface area contributed by atoms with Gasteiger partial charge >= 0.3 is 0 Å². The van der Waals surface area contributed by atoms with Crippen LogP contribution < -0.4 is 5.32 Å². The molecule has 1 heterocycles. The molecule has 0 unspecified atom stereocenters. The van der Waals surface area contributed by atoms with Crippen molar-refractivity contribution < 1.29 is 14.0 Å². The molecule has 1 saturated heterocycles. The van der Waals surface area contributed by atoms with Gasteiger partial charge in [-0.05, 0) is 37.3 Å². The van der Waals surface area contributed by atoms with E-state index >= 15 is 0 Å². The van der Waals surface area contributed by atoms with Crippen molar-refractivity contribution in [2.45, 2.75) is 45.4 Å². The van der Waals surface area contributed by atoms with Crippen molar-refractivity contribution in [3.05, 3.63) is 35.6 Å². The second-order valence-corrected chi connectivity index (χ2v) is 6.39. The van der Waals surface area contributed by atoms with Crippen molar-refractivity contribution in [3.63, 3.8) is 0 Å². The van der Waals surface area contributed by atoms with Crippen LogP contribution in [0.3, 0.4) is 0 Å². The van der Waals surface area contributed by atoms with Gasteiger partial charge in [0, 0.05) is 32.0 Å². The largest absolute Gasteiger partial charge is 0.356 e. The number of piperidine rings is 1. The third-order valence-electron chi connectivity index (χ3n) is 4.61. The van der Waals surface area contributed by atoms with E-state index in [4.69, 9.17) is 0 Å². The van der Waals surface area contributed by atoms with Crippen LogP contribution in [0.4, 0.5) is 4.39 Å². The summed E-state index contributed by atoms with van der Waals surface area (Å²) < 4.78 is 13.5. The van der Waals surface area contributed by atoms with E-state index in [0.717, 1.165) is 12.8 Å². The zero-order valence-corrected chi connectivity index (χ0v) is 14.4. The molecule has 0 aliphatic carbocycles. The van der Waals surface area contributed by atoms with Gasteiger partial charge in [0.1, 0.15) is 5.82 Å². The highest BCUT2D eigenvalue weighted by molar-refractivity contribution is 5.80. The fraction of sp³-hybridized carbons (Fsp3) is 0.579. The van der Waals surface area contributed by atoms with E-state index in [1.807, 2.05) is 4.90 Å². The quantitative estimate of drug-likeness (QED) is 0.833. The van der Waals surface area contributed by atoms with Gasteiger partial charge in [-0.1, -0.05) is 31.5 Å². The summed E-state index contributed by atoms with van der Waals surface area (Å²) in [6, 6.07) is 6.63. The van der Waals surface area contributed by atoms with E-state index in [2.05, 4.69) is 12.2 Å². The maximum absolute atomic E-state index is 13.5. The van der Waals surface area contributed by atoms with E-state index in [1.54, 1.807) is 18.2 Å². The molecule has 1 aromatic carbocycles. The van der Waals surface area contributed by atoms with Crippen LogP contribution in [0.2, 0.25) is 0 Å². The fourth-order valence-corrected chi connectivity index (χ4v) is 3.04. The number of unbranched alkanes of at least 4 members (excludes halogenated alkanes) is 1. The average molecular weight is 334 g/mol. The first-order chi connectivity index (χ1) is 11.6. The second-order valence-electron chi connectivity index (χ2n) is 6.39. The third-order valence-corrected chi connectivity index (χ3v) is 4.61. The van der Waals surface area contributed by atoms with Gasteiger partial charge in [0.2, 0.25) is 11.8 Å². The number of hydrogen-bond donors (Lipinski definition) is 1. The molecular weight excluding hydrogens is 307 g/mol. The molecule has 4 nitrogen and oxygen atoms in total. The summed E-state index contributed by atoms with van der Waals surface area (Å²) in [4.78, 5) is 26.1. The van der Waals surface area contributed by atoms with E-state index in [9.17, 15) is 14.0 Å². The van der Waals surface area contributed by atoms with Crippen molar-refractivity contribution in [2.75, 3.05) is 19.6 Å². The number of nitrogens with one attached hydrogen (secondary N) is 1. The number of amides is 2. The molecule has 0 atom stereocenters. The summed E-state index contributed by atoms with van der Waals surface area (Å²) in [5, 5.41) is 2.90. The second kappa shape index (κ2) is 9.40. The van der Waals surface area contributed by atoms with Crippen LogP contribution >= 0.6 is 0 Å². The number of likely N-dealkylation sites (tertiary alicyclic amines) is 1. The van der Waals surface area contributed by atoms with Gasteiger partial charge in [-0.2, -0.15) is 0 Å². The zero-order chi connectivity index (χ0) is 17.4. The molecule has 0 aromatic heterocycles. The number of rotatable bonds is 7. The van der Waals surface area contributed by atoms with Crippen molar-refractivity contribution in [2.24, 2.45) is 5.92 Å². The third kappa shape index (κ3) is 5.32. The van der Waals surface area contributed by atoms with Crippen LogP contribution in [0.25, 0.3) is 0 Å². The van der Waals surface area contributed by atoms with Crippen molar-refractivity contribution in [1.82, 2.24) is 10.2 Å². The van der Waals surface area contributed by atoms with E-state index < -0.39 is 0 Å². The lowest BCUT2D eigenvalue weighted by Gasteiger charge is -2.31. The Bertz CT molecular complexity index is 554. The Morgan fingerprint density at radius 1 is 1.25 bits per heavy atom. The molecule has 1 aromatic rings. The fourth-order valence-electron chi connectivity index (χ4n) is 3.04. The maximum atomic E-state index is 13.5. The van der Waals surface area contributed by atoms with E-state index in [1.165, 1.54) is 6.07 Å². The Labute approximate surface area is 143 Å². The smallest absolute Gasteiger partial charge is 0.223 e. The Kier molecular flexibility index (Phi) is 7.22. The highest BCUT2D eigenvalue weighted by Crippen LogP contribution is 2.18. The summed E-state index contributed by atoms with van der Waals surface area (Å²) in [6.45, 7) is 3.84. The standard InChI is InChI=1S/C19H27FN2O2/c1-2-3-8-18(23)22-13-10-16(11-14-22)19(24)21-12-9-15-6-4-5-7-17(15)20/h4-7,16H,2-3,8-14H2,1H3,(H,21,24). The molecule has 0 spiro atoms. The van der Waals surface area contributed by atoms with Crippen LogP contribution in [0, 0.1) is 11.7 Å². The van der Waals surface area contributed by atoms with Gasteiger partial charge < -0.3 is 10.2 Å². The number of nitrogens with zero attached hydrogens (tertiary/aromatic N) is 1. The first kappa shape index (κ1) is 18.4. The highest BCUT2D eigenvalue weighted by Gasteiger charge is 2.26. The normalized spacial score (nSPS) is 15.3. The van der Waals surface area contributed by atoms with Gasteiger partial charge in [-0.3, -0.25) is 9.59 Å². The van der Waals surface area contributed by atoms with Crippen LogP contribution in [0.15, 0.2) is 24.3 Å². The van der Waals surface area contributed by atoms with Gasteiger partial charge in [0.25, 0.3) is 0 Å². The lowest BCUT2D eigenvalue weighted by atomic mass is 9.95. The minimum Gasteiger partial charge on any atom is -0.356 e. The summed E-state index contributed by atoms with van der Waals surface area (Å²) in [6.07, 6.45) is 4.47. The van der Waals surface area contributed by atoms with Gasteiger partial charge in [0.05, 0.1) is 0 Å². The molecule has 132 valence electrons. The summed E-state index contributed by atoms with van der Waals surface area (Å²) in [5.41, 5.74) is 0.620. The van der Waals surface area contributed by atoms with Gasteiger partial charge in [0.15, 0.2) is 0 Å². The number of halogens is 1. The van der Waals surface area contributed by atoms with Crippen LogP contribution in [-0.2, 0) is 16.0 Å². The van der Waals surface area contributed by atoms with E-state index in [-0.39, 0.29) is 23.5 Å². The molecule has 2 amide bonds. The SMILES string of the molecule is CCCCC(=O)N1CCC(C(=O)NCCc2ccccc2F)CC1. The predicted octanol–water partition coefficient (Wildman–Crippen LogP) is 2.91. The molecule has 1 N–H and O–H groups in total. The maximum Gasteiger partial charge on any atom is 0.223 e. The number of carbonyl (C=O) groups is 2. The molecule has 1 aliphatic heterocycles. The minimum absolute atomic E-state index is 0.0204. The Balaban J connectivity index is 1.69. The first-order valence-electron chi connectivity index (χ1n) is 8.90. The van der Waals surface area contributed by atoms with E-state index in [0.29, 0.717) is 50.9 Å². The summed E-state index contributed by atoms with van der Waals surface area (Å²) in [7, 11) is 0. The Morgan fingerprint density at radius 2 is 1.96 bits per heavy atom. The highest BCUT2D eigenvalue weighted by atomic mass is 19.1. The Hall–Kier alpha value is -1.91. The van der Waals surface area contributed by atoms with Crippen molar-refractivity contribution in [3.8, 4) is 0 Å². The number of hydrogen-bond acceptors (Lipinski definition) is 2. The Morgan fingerprint density at radius 3 is 2.62 bits per heavy atom. The lowest BCUT2D eigenvalue weighted by Crippen LogP contribution is -2.43. The van der Waals surface area contributed by atoms with Gasteiger partial charge in [-0.15, -0.1) is 0 Å². The molecule has 24 heavy (non-hydrogen) atoms. The minimum atomic E-state index is -0.231. The molecule has 0 saturated carbocycles. The molecule has 1 fully saturated rings. The van der Waals surface area contributed by atoms with Crippen LogP contribution in [0.1, 0.15) is 44.6 Å². The molecule has 0 bridgehead atoms. The summed E-state index contributed by atoms with van der Waals surface area (Å²) >= 11 is 0. The lowest BCUT2D eigenvalue weighted by molar-refractivity contribution is -0.135. The van der Waals surface area contributed by atoms with Gasteiger partial charge in [-0.25, -0.2) is 4.39 Å². The molecular formula is C19H27FN2O2. The van der Waals surface area contributed by atoms with Crippen LogP contribution in [-0.4, -0.2) is 36.3 Å². The number of carbonyl (C=O) groups excluding carboxylic acids is 2. The average Bonchev–Trinajstić information content (AvgIpc) is 2.61. The summed E-state index contributed by atoms with van der Waals surface area (Å²) in [5.74, 6) is -0.0475. The molecule has 5 heteroatoms.